The zero-order valence-electron chi connectivity index (χ0n) is 9.67. The molecule has 1 aliphatic rings. The summed E-state index contributed by atoms with van der Waals surface area (Å²) >= 11 is 0. The molecule has 2 N–H and O–H groups in total. The molecule has 15 heavy (non-hydrogen) atoms. The van der Waals surface area contributed by atoms with Gasteiger partial charge in [-0.25, -0.2) is 0 Å². The van der Waals surface area contributed by atoms with E-state index >= 15 is 0 Å². The van der Waals surface area contributed by atoms with Crippen molar-refractivity contribution in [1.82, 2.24) is 5.32 Å². The molecule has 1 aliphatic carbocycles. The standard InChI is InChI=1S/C12H23NO2/c1-10(12(14)15)6-5-9-13-11-7-3-2-4-8-11/h10-11,13H,2-9H2,1H3,(H,14,15). The van der Waals surface area contributed by atoms with Crippen LogP contribution in [-0.4, -0.2) is 23.7 Å². The molecule has 0 heterocycles. The van der Waals surface area contributed by atoms with Crippen molar-refractivity contribution in [2.75, 3.05) is 6.54 Å². The monoisotopic (exact) mass is 213 g/mol. The van der Waals surface area contributed by atoms with Gasteiger partial charge in [0.1, 0.15) is 0 Å². The van der Waals surface area contributed by atoms with Gasteiger partial charge in [-0.05, 0) is 32.2 Å². The van der Waals surface area contributed by atoms with Gasteiger partial charge in [-0.1, -0.05) is 26.2 Å². The Morgan fingerprint density at radius 2 is 2.07 bits per heavy atom. The lowest BCUT2D eigenvalue weighted by molar-refractivity contribution is -0.141. The Labute approximate surface area is 92.3 Å². The number of rotatable bonds is 6. The van der Waals surface area contributed by atoms with Gasteiger partial charge in [-0.15, -0.1) is 0 Å². The van der Waals surface area contributed by atoms with Crippen molar-refractivity contribution in [3.63, 3.8) is 0 Å². The second-order valence-electron chi connectivity index (χ2n) is 4.67. The van der Waals surface area contributed by atoms with Crippen LogP contribution in [0.25, 0.3) is 0 Å². The molecule has 0 aromatic heterocycles. The molecule has 0 aromatic rings. The molecule has 1 fully saturated rings. The van der Waals surface area contributed by atoms with Crippen molar-refractivity contribution in [1.29, 1.82) is 0 Å². The zero-order valence-corrected chi connectivity index (χ0v) is 9.67. The first kappa shape index (κ1) is 12.5. The van der Waals surface area contributed by atoms with Gasteiger partial charge in [0, 0.05) is 6.04 Å². The topological polar surface area (TPSA) is 49.3 Å². The van der Waals surface area contributed by atoms with Crippen molar-refractivity contribution in [2.45, 2.75) is 57.9 Å². The van der Waals surface area contributed by atoms with Gasteiger partial charge < -0.3 is 10.4 Å². The van der Waals surface area contributed by atoms with Crippen LogP contribution in [0.1, 0.15) is 51.9 Å². The van der Waals surface area contributed by atoms with E-state index in [-0.39, 0.29) is 5.92 Å². The van der Waals surface area contributed by atoms with Crippen molar-refractivity contribution < 1.29 is 9.90 Å². The van der Waals surface area contributed by atoms with Gasteiger partial charge in [0.15, 0.2) is 0 Å². The quantitative estimate of drug-likeness (QED) is 0.666. The summed E-state index contributed by atoms with van der Waals surface area (Å²) < 4.78 is 0. The summed E-state index contributed by atoms with van der Waals surface area (Å²) in [6.07, 6.45) is 8.45. The van der Waals surface area contributed by atoms with Gasteiger partial charge in [0.05, 0.1) is 5.92 Å². The average molecular weight is 213 g/mol. The van der Waals surface area contributed by atoms with Crippen molar-refractivity contribution in [3.8, 4) is 0 Å². The van der Waals surface area contributed by atoms with Crippen LogP contribution in [0.4, 0.5) is 0 Å². The second kappa shape index (κ2) is 6.83. The summed E-state index contributed by atoms with van der Waals surface area (Å²) in [6, 6.07) is 0.693. The summed E-state index contributed by atoms with van der Waals surface area (Å²) in [5.74, 6) is -0.870. The van der Waals surface area contributed by atoms with E-state index in [4.69, 9.17) is 5.11 Å². The molecule has 0 bridgehead atoms. The maximum atomic E-state index is 10.6. The lowest BCUT2D eigenvalue weighted by Crippen LogP contribution is -2.32. The number of aliphatic carboxylic acids is 1. The van der Waals surface area contributed by atoms with Crippen molar-refractivity contribution in [3.05, 3.63) is 0 Å². The third-order valence-corrected chi connectivity index (χ3v) is 3.27. The molecular formula is C12H23NO2. The molecule has 0 radical (unpaired) electrons. The SMILES string of the molecule is CC(CCCNC1CCCCC1)C(=O)O. The van der Waals surface area contributed by atoms with E-state index < -0.39 is 5.97 Å². The molecule has 88 valence electrons. The Kier molecular flexibility index (Phi) is 5.69. The van der Waals surface area contributed by atoms with E-state index in [2.05, 4.69) is 5.32 Å². The number of carboxylic acid groups (broad SMARTS) is 1. The van der Waals surface area contributed by atoms with Crippen molar-refractivity contribution >= 4 is 5.97 Å². The van der Waals surface area contributed by atoms with Gasteiger partial charge in [-0.3, -0.25) is 4.79 Å². The summed E-state index contributed by atoms with van der Waals surface area (Å²) in [7, 11) is 0. The number of carbonyl (C=O) groups is 1. The molecule has 3 heteroatoms. The molecule has 0 spiro atoms. The smallest absolute Gasteiger partial charge is 0.306 e. The zero-order chi connectivity index (χ0) is 11.1. The Morgan fingerprint density at radius 3 is 2.67 bits per heavy atom. The molecular weight excluding hydrogens is 190 g/mol. The minimum Gasteiger partial charge on any atom is -0.481 e. The molecule has 0 aliphatic heterocycles. The molecule has 0 aromatic carbocycles. The van der Waals surface area contributed by atoms with Crippen LogP contribution in [0.5, 0.6) is 0 Å². The van der Waals surface area contributed by atoms with Gasteiger partial charge >= 0.3 is 5.97 Å². The van der Waals surface area contributed by atoms with E-state index in [1.165, 1.54) is 32.1 Å². The van der Waals surface area contributed by atoms with E-state index in [1.807, 2.05) is 0 Å². The minimum atomic E-state index is -0.673. The Morgan fingerprint density at radius 1 is 1.40 bits per heavy atom. The molecule has 1 saturated carbocycles. The highest BCUT2D eigenvalue weighted by atomic mass is 16.4. The fraction of sp³-hybridized carbons (Fsp3) is 0.917. The summed E-state index contributed by atoms with van der Waals surface area (Å²) in [5, 5.41) is 12.2. The van der Waals surface area contributed by atoms with E-state index in [9.17, 15) is 4.79 Å². The highest BCUT2D eigenvalue weighted by Gasteiger charge is 2.13. The molecule has 1 unspecified atom stereocenters. The lowest BCUT2D eigenvalue weighted by atomic mass is 9.95. The average Bonchev–Trinajstić information content (AvgIpc) is 2.25. The van der Waals surface area contributed by atoms with Crippen LogP contribution in [0.15, 0.2) is 0 Å². The Hall–Kier alpha value is -0.570. The first-order valence-corrected chi connectivity index (χ1v) is 6.16. The van der Waals surface area contributed by atoms with Crippen molar-refractivity contribution in [2.24, 2.45) is 5.92 Å². The highest BCUT2D eigenvalue weighted by molar-refractivity contribution is 5.69. The van der Waals surface area contributed by atoms with Gasteiger partial charge in [0.25, 0.3) is 0 Å². The fourth-order valence-corrected chi connectivity index (χ4v) is 2.14. The third kappa shape index (κ3) is 5.17. The maximum Gasteiger partial charge on any atom is 0.306 e. The Bertz CT molecular complexity index is 188. The first-order valence-electron chi connectivity index (χ1n) is 6.16. The van der Waals surface area contributed by atoms with Crippen LogP contribution < -0.4 is 5.32 Å². The van der Waals surface area contributed by atoms with Crippen LogP contribution in [0, 0.1) is 5.92 Å². The predicted molar refractivity (Wildman–Crippen MR) is 60.9 cm³/mol. The van der Waals surface area contributed by atoms with Crippen LogP contribution >= 0.6 is 0 Å². The molecule has 0 saturated heterocycles. The number of carboxylic acids is 1. The van der Waals surface area contributed by atoms with E-state index in [1.54, 1.807) is 6.92 Å². The first-order chi connectivity index (χ1) is 7.20. The predicted octanol–water partition coefficient (Wildman–Crippen LogP) is 2.41. The summed E-state index contributed by atoms with van der Waals surface area (Å²) in [4.78, 5) is 10.6. The number of hydrogen-bond donors (Lipinski definition) is 2. The molecule has 1 atom stereocenters. The third-order valence-electron chi connectivity index (χ3n) is 3.27. The number of hydrogen-bond acceptors (Lipinski definition) is 2. The lowest BCUT2D eigenvalue weighted by Gasteiger charge is -2.22. The summed E-state index contributed by atoms with van der Waals surface area (Å²) in [5.41, 5.74) is 0. The van der Waals surface area contributed by atoms with E-state index in [0.29, 0.717) is 6.04 Å². The van der Waals surface area contributed by atoms with Gasteiger partial charge in [0.2, 0.25) is 0 Å². The van der Waals surface area contributed by atoms with Crippen LogP contribution in [0.3, 0.4) is 0 Å². The summed E-state index contributed by atoms with van der Waals surface area (Å²) in [6.45, 7) is 2.76. The molecule has 0 amide bonds. The molecule has 1 rings (SSSR count). The second-order valence-corrected chi connectivity index (χ2v) is 4.67. The maximum absolute atomic E-state index is 10.6. The normalized spacial score (nSPS) is 20.1. The molecule has 3 nitrogen and oxygen atoms in total. The highest BCUT2D eigenvalue weighted by Crippen LogP contribution is 2.17. The minimum absolute atomic E-state index is 0.196. The van der Waals surface area contributed by atoms with Gasteiger partial charge in [-0.2, -0.15) is 0 Å². The largest absolute Gasteiger partial charge is 0.481 e. The number of nitrogens with one attached hydrogen (secondary N) is 1. The van der Waals surface area contributed by atoms with Crippen LogP contribution in [-0.2, 0) is 4.79 Å². The van der Waals surface area contributed by atoms with Crippen LogP contribution in [0.2, 0.25) is 0 Å². The Balaban J connectivity index is 1.98. The fourth-order valence-electron chi connectivity index (χ4n) is 2.14. The van der Waals surface area contributed by atoms with E-state index in [0.717, 1.165) is 19.4 Å².